The molecule has 10 heteroatoms. The molecule has 4 rings (SSSR count). The van der Waals surface area contributed by atoms with Crippen LogP contribution >= 0.6 is 0 Å². The Kier molecular flexibility index (Phi) is 5.56. The van der Waals surface area contributed by atoms with Gasteiger partial charge in [0.1, 0.15) is 6.07 Å². The summed E-state index contributed by atoms with van der Waals surface area (Å²) in [5.74, 6) is 1.06. The number of hydrogen-bond acceptors (Lipinski definition) is 9. The van der Waals surface area contributed by atoms with Gasteiger partial charge in [-0.05, 0) is 25.8 Å². The van der Waals surface area contributed by atoms with Gasteiger partial charge in [0.25, 0.3) is 0 Å². The molecule has 0 unspecified atom stereocenters. The van der Waals surface area contributed by atoms with Crippen molar-refractivity contribution in [3.63, 3.8) is 0 Å². The molecule has 0 saturated heterocycles. The van der Waals surface area contributed by atoms with Gasteiger partial charge in [-0.2, -0.15) is 19.9 Å². The molecule has 0 aromatic carbocycles. The van der Waals surface area contributed by atoms with Gasteiger partial charge in [0.15, 0.2) is 17.2 Å². The quantitative estimate of drug-likeness (QED) is 0.733. The lowest BCUT2D eigenvalue weighted by Gasteiger charge is -2.10. The predicted molar refractivity (Wildman–Crippen MR) is 108 cm³/mol. The second kappa shape index (κ2) is 8.06. The number of aromatic nitrogens is 4. The van der Waals surface area contributed by atoms with Gasteiger partial charge in [-0.1, -0.05) is 12.2 Å². The number of hydrazone groups is 1. The number of allylic oxidation sites excluding steroid dienone is 2. The Bertz CT molecular complexity index is 990. The molecule has 0 radical (unpaired) electrons. The molecule has 3 heterocycles. The van der Waals surface area contributed by atoms with E-state index in [-0.39, 0.29) is 6.15 Å². The molecule has 5 N–H and O–H groups in total. The summed E-state index contributed by atoms with van der Waals surface area (Å²) >= 11 is 0. The Morgan fingerprint density at radius 1 is 1.32 bits per heavy atom. The predicted octanol–water partition coefficient (Wildman–Crippen LogP) is 2.30. The second-order valence-corrected chi connectivity index (χ2v) is 6.76. The smallest absolute Gasteiger partial charge is 0.247 e. The third kappa shape index (κ3) is 4.27. The fourth-order valence-corrected chi connectivity index (χ4v) is 2.78. The average Bonchev–Trinajstić information content (AvgIpc) is 3.34. The van der Waals surface area contributed by atoms with E-state index >= 15 is 0 Å². The number of nitriles is 1. The van der Waals surface area contributed by atoms with E-state index in [9.17, 15) is 5.26 Å². The largest absolute Gasteiger partial charge is 0.364 e. The number of anilines is 2. The fourth-order valence-electron chi connectivity index (χ4n) is 2.78. The summed E-state index contributed by atoms with van der Waals surface area (Å²) in [6.07, 6.45) is 10.5. The molecule has 28 heavy (non-hydrogen) atoms. The van der Waals surface area contributed by atoms with Crippen molar-refractivity contribution in [2.45, 2.75) is 32.2 Å². The molecule has 1 aliphatic heterocycles. The highest BCUT2D eigenvalue weighted by Gasteiger charge is 2.24. The molecule has 0 atom stereocenters. The van der Waals surface area contributed by atoms with Gasteiger partial charge in [-0.25, -0.2) is 4.98 Å². The molecule has 0 bridgehead atoms. The Hall–Kier alpha value is -3.45. The van der Waals surface area contributed by atoms with E-state index in [1.807, 2.05) is 31.1 Å². The highest BCUT2D eigenvalue weighted by molar-refractivity contribution is 5.83. The van der Waals surface area contributed by atoms with E-state index < -0.39 is 0 Å². The van der Waals surface area contributed by atoms with E-state index in [0.717, 1.165) is 30.7 Å². The third-order valence-electron chi connectivity index (χ3n) is 4.28. The highest BCUT2D eigenvalue weighted by atomic mass is 15.4. The molecular weight excluding hydrogens is 356 g/mol. The van der Waals surface area contributed by atoms with Crippen LogP contribution in [-0.2, 0) is 0 Å². The minimum atomic E-state index is 0. The van der Waals surface area contributed by atoms with Crippen LogP contribution < -0.4 is 16.8 Å². The van der Waals surface area contributed by atoms with Crippen LogP contribution in [0.2, 0.25) is 0 Å². The fraction of sp³-hybridized carbons (Fsp3) is 0.389. The lowest BCUT2D eigenvalue weighted by atomic mass is 10.2. The van der Waals surface area contributed by atoms with Crippen LogP contribution in [0.5, 0.6) is 0 Å². The molecule has 1 fully saturated rings. The van der Waals surface area contributed by atoms with Gasteiger partial charge in [0, 0.05) is 30.9 Å². The summed E-state index contributed by atoms with van der Waals surface area (Å²) in [6.45, 7) is 2.71. The zero-order valence-corrected chi connectivity index (χ0v) is 16.1. The van der Waals surface area contributed by atoms with Crippen LogP contribution in [0.1, 0.15) is 31.9 Å². The number of likely N-dealkylation sites (N-methyl/N-ethyl adjacent to an activating group) is 1. The first-order valence-corrected chi connectivity index (χ1v) is 8.94. The number of nitrogens with one attached hydrogen (secondary N) is 2. The van der Waals surface area contributed by atoms with Crippen molar-refractivity contribution in [1.29, 1.82) is 5.26 Å². The first-order chi connectivity index (χ1) is 13.1. The maximum absolute atomic E-state index is 9.32. The minimum Gasteiger partial charge on any atom is -0.364 e. The van der Waals surface area contributed by atoms with Crippen molar-refractivity contribution < 1.29 is 0 Å². The summed E-state index contributed by atoms with van der Waals surface area (Å²) in [5.41, 5.74) is 2.84. The monoisotopic (exact) mass is 380 g/mol. The molecule has 1 saturated carbocycles. The molecule has 2 aromatic rings. The number of nitrogens with zero attached hydrogens (tertiary/aromatic N) is 7. The first-order valence-electron chi connectivity index (χ1n) is 8.94. The van der Waals surface area contributed by atoms with Gasteiger partial charge in [-0.15, -0.1) is 5.10 Å². The molecular formula is C18H24N10. The van der Waals surface area contributed by atoms with Gasteiger partial charge >= 0.3 is 0 Å². The number of rotatable bonds is 4. The van der Waals surface area contributed by atoms with Crippen molar-refractivity contribution in [2.24, 2.45) is 5.10 Å². The molecule has 2 aromatic heterocycles. The van der Waals surface area contributed by atoms with Gasteiger partial charge < -0.3 is 16.8 Å². The summed E-state index contributed by atoms with van der Waals surface area (Å²) in [5, 5.41) is 26.8. The Labute approximate surface area is 163 Å². The Balaban J connectivity index is 0.00000225. The van der Waals surface area contributed by atoms with Gasteiger partial charge in [0.2, 0.25) is 5.95 Å². The van der Waals surface area contributed by atoms with Crippen molar-refractivity contribution in [3.8, 4) is 6.07 Å². The number of imidazole rings is 1. The summed E-state index contributed by atoms with van der Waals surface area (Å²) in [6, 6.07) is 2.53. The van der Waals surface area contributed by atoms with E-state index in [0.29, 0.717) is 35.7 Å². The normalized spacial score (nSPS) is 21.7. The van der Waals surface area contributed by atoms with Gasteiger partial charge in [0.05, 0.1) is 12.7 Å². The standard InChI is InChI=1S/C18H21N9.H3N/c1-12-5-6-13(4-3-9-26(2)24-12)22-18-23-16(21-14-7-8-14)17-20-11-15(10-19)27(17)25-18;/h3-4,6,11,14H,5,7-9H2,1-2H3,(H2,21,22,23,25);1H3/b4-3-,13-6+,24-12-;. The van der Waals surface area contributed by atoms with Crippen molar-refractivity contribution >= 4 is 23.1 Å². The average molecular weight is 380 g/mol. The van der Waals surface area contributed by atoms with Crippen LogP contribution in [0.3, 0.4) is 0 Å². The SMILES string of the molecule is C/C1=N/N(C)C/C=C\C(Nc2nc(NC3CC3)c3ncc(C#N)n3n2)=C/C1.N. The third-order valence-corrected chi connectivity index (χ3v) is 4.28. The van der Waals surface area contributed by atoms with Gasteiger partial charge in [-0.3, -0.25) is 5.01 Å². The van der Waals surface area contributed by atoms with Crippen LogP contribution in [0, 0.1) is 11.3 Å². The van der Waals surface area contributed by atoms with Crippen LogP contribution in [0.4, 0.5) is 11.8 Å². The van der Waals surface area contributed by atoms with E-state index in [1.165, 1.54) is 10.7 Å². The topological polar surface area (TPSA) is 142 Å². The molecule has 0 spiro atoms. The lowest BCUT2D eigenvalue weighted by Crippen LogP contribution is -2.12. The second-order valence-electron chi connectivity index (χ2n) is 6.76. The van der Waals surface area contributed by atoms with Crippen LogP contribution in [0.15, 0.2) is 35.2 Å². The number of fused-ring (bicyclic) bond motifs is 1. The van der Waals surface area contributed by atoms with Crippen LogP contribution in [0.25, 0.3) is 5.65 Å². The molecule has 1 aliphatic carbocycles. The molecule has 10 nitrogen and oxygen atoms in total. The van der Waals surface area contributed by atoms with Crippen molar-refractivity contribution in [1.82, 2.24) is 30.7 Å². The Morgan fingerprint density at radius 2 is 2.14 bits per heavy atom. The zero-order chi connectivity index (χ0) is 18.8. The van der Waals surface area contributed by atoms with Crippen LogP contribution in [-0.4, -0.2) is 49.9 Å². The summed E-state index contributed by atoms with van der Waals surface area (Å²) < 4.78 is 1.53. The molecule has 2 aliphatic rings. The van der Waals surface area contributed by atoms with Crippen molar-refractivity contribution in [3.05, 3.63) is 35.8 Å². The molecule has 146 valence electrons. The first kappa shape index (κ1) is 19.3. The van der Waals surface area contributed by atoms with Crippen molar-refractivity contribution in [2.75, 3.05) is 24.2 Å². The maximum Gasteiger partial charge on any atom is 0.247 e. The number of hydrogen-bond donors (Lipinski definition) is 3. The summed E-state index contributed by atoms with van der Waals surface area (Å²) in [4.78, 5) is 8.88. The zero-order valence-electron chi connectivity index (χ0n) is 16.1. The van der Waals surface area contributed by atoms with E-state index in [4.69, 9.17) is 0 Å². The lowest BCUT2D eigenvalue weighted by molar-refractivity contribution is 0.394. The minimum absolute atomic E-state index is 0. The van der Waals surface area contributed by atoms with E-state index in [2.05, 4.69) is 42.9 Å². The summed E-state index contributed by atoms with van der Waals surface area (Å²) in [7, 11) is 1.95. The Morgan fingerprint density at radius 3 is 2.89 bits per heavy atom. The highest BCUT2D eigenvalue weighted by Crippen LogP contribution is 2.26. The van der Waals surface area contributed by atoms with E-state index in [1.54, 1.807) is 0 Å². The molecule has 0 amide bonds. The maximum atomic E-state index is 9.32.